The molecule has 29 heavy (non-hydrogen) atoms. The summed E-state index contributed by atoms with van der Waals surface area (Å²) in [4.78, 5) is 47.7. The van der Waals surface area contributed by atoms with Gasteiger partial charge in [-0.25, -0.2) is 14.8 Å². The lowest BCUT2D eigenvalue weighted by Gasteiger charge is -2.05. The van der Waals surface area contributed by atoms with E-state index in [4.69, 9.17) is 10.00 Å². The minimum absolute atomic E-state index is 0.0172. The number of nitrogens with zero attached hydrogens (tertiary/aromatic N) is 3. The molecule has 2 N–H and O–H groups in total. The Morgan fingerprint density at radius 3 is 2.72 bits per heavy atom. The zero-order valence-corrected chi connectivity index (χ0v) is 18.1. The van der Waals surface area contributed by atoms with E-state index in [9.17, 15) is 14.4 Å². The summed E-state index contributed by atoms with van der Waals surface area (Å²) in [5.74, 6) is -0.696. The first kappa shape index (κ1) is 22.6. The molecule has 0 unspecified atom stereocenters. The number of hydrogen-bond acceptors (Lipinski definition) is 9. The second-order valence-electron chi connectivity index (χ2n) is 6.41. The summed E-state index contributed by atoms with van der Waals surface area (Å²) in [7, 11) is 0. The lowest BCUT2D eigenvalue weighted by Crippen LogP contribution is -2.18. The highest BCUT2D eigenvalue weighted by atomic mass is 32.2. The molecule has 0 saturated heterocycles. The van der Waals surface area contributed by atoms with Crippen molar-refractivity contribution in [3.8, 4) is 6.07 Å². The van der Waals surface area contributed by atoms with E-state index >= 15 is 0 Å². The van der Waals surface area contributed by atoms with Crippen LogP contribution in [-0.2, 0) is 16.0 Å². The van der Waals surface area contributed by atoms with Gasteiger partial charge in [-0.1, -0.05) is 32.5 Å². The predicted molar refractivity (Wildman–Crippen MR) is 110 cm³/mol. The number of thioether (sulfide) groups is 1. The van der Waals surface area contributed by atoms with Crippen molar-refractivity contribution in [1.29, 1.82) is 5.26 Å². The van der Waals surface area contributed by atoms with Crippen molar-refractivity contribution in [1.82, 2.24) is 15.0 Å². The highest BCUT2D eigenvalue weighted by molar-refractivity contribution is 7.99. The van der Waals surface area contributed by atoms with Crippen LogP contribution in [0, 0.1) is 24.2 Å². The van der Waals surface area contributed by atoms with Gasteiger partial charge in [0, 0.05) is 4.88 Å². The van der Waals surface area contributed by atoms with Crippen LogP contribution < -0.4 is 10.9 Å². The zero-order chi connectivity index (χ0) is 21.6. The molecule has 0 atom stereocenters. The Bertz CT molecular complexity index is 1010. The smallest absolute Gasteiger partial charge is 0.358 e. The number of esters is 1. The van der Waals surface area contributed by atoms with Gasteiger partial charge in [0.2, 0.25) is 5.91 Å². The van der Waals surface area contributed by atoms with Gasteiger partial charge in [0.15, 0.2) is 16.0 Å². The van der Waals surface area contributed by atoms with E-state index in [1.165, 1.54) is 11.3 Å². The number of aromatic nitrogens is 3. The molecule has 0 aliphatic heterocycles. The molecule has 0 spiro atoms. The van der Waals surface area contributed by atoms with E-state index in [1.807, 2.05) is 19.9 Å². The fourth-order valence-electron chi connectivity index (χ4n) is 2.18. The molecule has 9 nitrogen and oxygen atoms in total. The first-order valence-corrected chi connectivity index (χ1v) is 10.7. The van der Waals surface area contributed by atoms with Crippen LogP contribution in [0.1, 0.15) is 47.4 Å². The van der Waals surface area contributed by atoms with E-state index in [2.05, 4.69) is 20.3 Å². The minimum atomic E-state index is -0.526. The Morgan fingerprint density at radius 1 is 1.38 bits per heavy atom. The van der Waals surface area contributed by atoms with Crippen molar-refractivity contribution in [2.45, 2.75) is 39.3 Å². The number of ether oxygens (including phenoxy) is 1. The maximum atomic E-state index is 12.2. The van der Waals surface area contributed by atoms with E-state index in [0.29, 0.717) is 28.7 Å². The molecule has 1 amide bonds. The number of carbonyl (C=O) groups excluding carboxylic acids is 2. The zero-order valence-electron chi connectivity index (χ0n) is 16.5. The van der Waals surface area contributed by atoms with Crippen molar-refractivity contribution >= 4 is 40.1 Å². The molecule has 0 radical (unpaired) electrons. The lowest BCUT2D eigenvalue weighted by molar-refractivity contribution is -0.113. The SMILES string of the molecule is CCc1nc(SCC(=O)Nc2nc(C(=O)OCC(C)C)c(C)s2)[nH]c(=O)c1C#N. The summed E-state index contributed by atoms with van der Waals surface area (Å²) < 4.78 is 5.17. The number of nitrogens with one attached hydrogen (secondary N) is 2. The van der Waals surface area contributed by atoms with E-state index < -0.39 is 11.5 Å². The van der Waals surface area contributed by atoms with Crippen molar-refractivity contribution in [3.05, 3.63) is 32.2 Å². The van der Waals surface area contributed by atoms with Crippen LogP contribution in [0.15, 0.2) is 9.95 Å². The third-order valence-electron chi connectivity index (χ3n) is 3.54. The second-order valence-corrected chi connectivity index (χ2v) is 8.58. The third-order valence-corrected chi connectivity index (χ3v) is 5.30. The van der Waals surface area contributed by atoms with Crippen molar-refractivity contribution in [2.75, 3.05) is 17.7 Å². The fraction of sp³-hybridized carbons (Fsp3) is 0.444. The number of aryl methyl sites for hydroxylation is 2. The van der Waals surface area contributed by atoms with Gasteiger partial charge in [0.05, 0.1) is 18.1 Å². The number of thiazole rings is 1. The van der Waals surface area contributed by atoms with Crippen LogP contribution in [0.2, 0.25) is 0 Å². The largest absolute Gasteiger partial charge is 0.461 e. The average Bonchev–Trinajstić information content (AvgIpc) is 3.03. The average molecular weight is 436 g/mol. The van der Waals surface area contributed by atoms with E-state index in [1.54, 1.807) is 13.8 Å². The van der Waals surface area contributed by atoms with Crippen molar-refractivity contribution < 1.29 is 14.3 Å². The molecule has 0 bridgehead atoms. The first-order chi connectivity index (χ1) is 13.7. The summed E-state index contributed by atoms with van der Waals surface area (Å²) in [6.07, 6.45) is 0.431. The molecule has 154 valence electrons. The normalized spacial score (nSPS) is 10.6. The maximum Gasteiger partial charge on any atom is 0.358 e. The van der Waals surface area contributed by atoms with Crippen LogP contribution >= 0.6 is 23.1 Å². The molecule has 0 fully saturated rings. The van der Waals surface area contributed by atoms with Gasteiger partial charge >= 0.3 is 5.97 Å². The number of carbonyl (C=O) groups is 2. The quantitative estimate of drug-likeness (QED) is 0.366. The van der Waals surface area contributed by atoms with Gasteiger partial charge in [-0.2, -0.15) is 5.26 Å². The van der Waals surface area contributed by atoms with Crippen molar-refractivity contribution in [3.63, 3.8) is 0 Å². The van der Waals surface area contributed by atoms with Gasteiger partial charge in [0.25, 0.3) is 5.56 Å². The summed E-state index contributed by atoms with van der Waals surface area (Å²) in [5.41, 5.74) is 0.0299. The summed E-state index contributed by atoms with van der Waals surface area (Å²) in [6.45, 7) is 7.68. The highest BCUT2D eigenvalue weighted by Crippen LogP contribution is 2.23. The molecule has 2 rings (SSSR count). The fourth-order valence-corrected chi connectivity index (χ4v) is 3.67. The number of rotatable bonds is 8. The van der Waals surface area contributed by atoms with Crippen molar-refractivity contribution in [2.24, 2.45) is 5.92 Å². The van der Waals surface area contributed by atoms with E-state index in [-0.39, 0.29) is 34.0 Å². The monoisotopic (exact) mass is 435 g/mol. The van der Waals surface area contributed by atoms with Crippen LogP contribution in [0.25, 0.3) is 0 Å². The standard InChI is InChI=1S/C18H21N5O4S2/c1-5-12-11(6-19)15(25)23-17(20-12)28-8-13(24)21-18-22-14(10(4)29-18)16(26)27-7-9(2)3/h9H,5,7-8H2,1-4H3,(H,20,23,25)(H,21,22,24). The summed E-state index contributed by atoms with van der Waals surface area (Å²) in [5, 5.41) is 12.2. The van der Waals surface area contributed by atoms with E-state index in [0.717, 1.165) is 11.8 Å². The predicted octanol–water partition coefficient (Wildman–Crippen LogP) is 2.51. The Balaban J connectivity index is 1.99. The summed E-state index contributed by atoms with van der Waals surface area (Å²) in [6, 6.07) is 1.83. The highest BCUT2D eigenvalue weighted by Gasteiger charge is 2.19. The maximum absolute atomic E-state index is 12.2. The number of anilines is 1. The van der Waals surface area contributed by atoms with Gasteiger partial charge in [0.1, 0.15) is 11.6 Å². The molecule has 0 aromatic carbocycles. The molecule has 11 heteroatoms. The lowest BCUT2D eigenvalue weighted by atomic mass is 10.2. The van der Waals surface area contributed by atoms with Gasteiger partial charge in [-0.15, -0.1) is 11.3 Å². The number of hydrogen-bond donors (Lipinski definition) is 2. The molecular weight excluding hydrogens is 414 g/mol. The Labute approximate surface area is 175 Å². The first-order valence-electron chi connectivity index (χ1n) is 8.85. The third kappa shape index (κ3) is 6.13. The molecule has 2 aromatic rings. The molecule has 2 heterocycles. The molecular formula is C18H21N5O4S2. The molecule has 2 aromatic heterocycles. The van der Waals surface area contributed by atoms with Crippen LogP contribution in [0.4, 0.5) is 5.13 Å². The van der Waals surface area contributed by atoms with Crippen LogP contribution in [0.5, 0.6) is 0 Å². The number of amides is 1. The van der Waals surface area contributed by atoms with Crippen LogP contribution in [0.3, 0.4) is 0 Å². The van der Waals surface area contributed by atoms with Gasteiger partial charge in [-0.05, 0) is 19.3 Å². The second kappa shape index (κ2) is 10.2. The topological polar surface area (TPSA) is 138 Å². The molecule has 0 saturated carbocycles. The van der Waals surface area contributed by atoms with Gasteiger partial charge in [-0.3, -0.25) is 9.59 Å². The number of H-pyrrole nitrogens is 1. The molecule has 0 aliphatic rings. The Hall–Kier alpha value is -2.71. The number of aromatic amines is 1. The van der Waals surface area contributed by atoms with Gasteiger partial charge < -0.3 is 15.0 Å². The Morgan fingerprint density at radius 2 is 2.10 bits per heavy atom. The molecule has 0 aliphatic carbocycles. The number of nitriles is 1. The van der Waals surface area contributed by atoms with Crippen LogP contribution in [-0.4, -0.2) is 39.2 Å². The Kier molecular flexibility index (Phi) is 7.92. The minimum Gasteiger partial charge on any atom is -0.461 e. The summed E-state index contributed by atoms with van der Waals surface area (Å²) >= 11 is 2.21.